The minimum absolute atomic E-state index is 0.0755. The fraction of sp³-hybridized carbons (Fsp3) is 0.353. The van der Waals surface area contributed by atoms with Gasteiger partial charge in [0, 0.05) is 6.54 Å². The molecular formula is C17H20N4O3S. The molecule has 1 N–H and O–H groups in total. The van der Waals surface area contributed by atoms with Crippen molar-refractivity contribution in [1.82, 2.24) is 20.1 Å². The molecule has 3 rings (SSSR count). The second-order valence-electron chi connectivity index (χ2n) is 5.49. The van der Waals surface area contributed by atoms with Crippen LogP contribution in [0.15, 0.2) is 44.7 Å². The third-order valence-electron chi connectivity index (χ3n) is 3.64. The summed E-state index contributed by atoms with van der Waals surface area (Å²) in [6.45, 7) is 5.16. The van der Waals surface area contributed by atoms with Gasteiger partial charge in [0.1, 0.15) is 11.5 Å². The number of hydrogen-bond acceptors (Lipinski definition) is 6. The molecule has 0 spiro atoms. The number of nitrogens with one attached hydrogen (secondary N) is 1. The van der Waals surface area contributed by atoms with Crippen LogP contribution in [0.2, 0.25) is 0 Å². The van der Waals surface area contributed by atoms with Crippen molar-refractivity contribution in [2.75, 3.05) is 5.75 Å². The lowest BCUT2D eigenvalue weighted by molar-refractivity contribution is -0.118. The molecule has 7 nitrogen and oxygen atoms in total. The van der Waals surface area contributed by atoms with Gasteiger partial charge in [0.2, 0.25) is 5.91 Å². The third-order valence-corrected chi connectivity index (χ3v) is 4.60. The van der Waals surface area contributed by atoms with Crippen molar-refractivity contribution >= 4 is 17.7 Å². The number of carbonyl (C=O) groups excluding carboxylic acids is 1. The molecule has 8 heteroatoms. The van der Waals surface area contributed by atoms with E-state index in [0.29, 0.717) is 6.54 Å². The molecule has 25 heavy (non-hydrogen) atoms. The van der Waals surface area contributed by atoms with Crippen molar-refractivity contribution in [2.45, 2.75) is 38.5 Å². The lowest BCUT2D eigenvalue weighted by Gasteiger charge is -2.08. The van der Waals surface area contributed by atoms with Gasteiger partial charge in [-0.05, 0) is 31.5 Å². The van der Waals surface area contributed by atoms with Gasteiger partial charge in [-0.2, -0.15) is 0 Å². The van der Waals surface area contributed by atoms with Crippen molar-refractivity contribution in [3.05, 3.63) is 42.2 Å². The van der Waals surface area contributed by atoms with Crippen LogP contribution in [0.3, 0.4) is 0 Å². The Bertz CT molecular complexity index is 823. The zero-order valence-electron chi connectivity index (χ0n) is 14.2. The van der Waals surface area contributed by atoms with Crippen molar-refractivity contribution in [1.29, 1.82) is 0 Å². The highest BCUT2D eigenvalue weighted by molar-refractivity contribution is 7.99. The van der Waals surface area contributed by atoms with Gasteiger partial charge in [-0.15, -0.1) is 10.2 Å². The largest absolute Gasteiger partial charge is 0.469 e. The smallest absolute Gasteiger partial charge is 0.230 e. The van der Waals surface area contributed by atoms with Gasteiger partial charge >= 0.3 is 0 Å². The predicted molar refractivity (Wildman–Crippen MR) is 94.0 cm³/mol. The Balaban J connectivity index is 1.65. The van der Waals surface area contributed by atoms with Crippen molar-refractivity contribution in [3.8, 4) is 11.4 Å². The molecule has 0 radical (unpaired) electrons. The van der Waals surface area contributed by atoms with Gasteiger partial charge in [0.25, 0.3) is 0 Å². The summed E-state index contributed by atoms with van der Waals surface area (Å²) in [4.78, 5) is 12.0. The molecule has 0 bridgehead atoms. The lowest BCUT2D eigenvalue weighted by atomic mass is 10.2. The normalized spacial score (nSPS) is 11.0. The molecule has 0 aliphatic rings. The van der Waals surface area contributed by atoms with Crippen LogP contribution in [0, 0.1) is 6.92 Å². The summed E-state index contributed by atoms with van der Waals surface area (Å²) in [5, 5.41) is 12.1. The summed E-state index contributed by atoms with van der Waals surface area (Å²) in [7, 11) is 0. The first-order valence-electron chi connectivity index (χ1n) is 8.08. The number of nitrogens with zero attached hydrogens (tertiary/aromatic N) is 3. The number of carbonyl (C=O) groups is 1. The van der Waals surface area contributed by atoms with Gasteiger partial charge in [-0.25, -0.2) is 0 Å². The first-order chi connectivity index (χ1) is 12.2. The fourth-order valence-electron chi connectivity index (χ4n) is 2.42. The monoisotopic (exact) mass is 360 g/mol. The lowest BCUT2D eigenvalue weighted by Crippen LogP contribution is -2.24. The molecule has 0 unspecified atom stereocenters. The highest BCUT2D eigenvalue weighted by atomic mass is 32.2. The van der Waals surface area contributed by atoms with Gasteiger partial charge < -0.3 is 18.7 Å². The molecule has 0 aliphatic carbocycles. The fourth-order valence-corrected chi connectivity index (χ4v) is 3.21. The zero-order valence-corrected chi connectivity index (χ0v) is 15.0. The number of hydrogen-bond donors (Lipinski definition) is 1. The number of rotatable bonds is 8. The molecule has 0 aromatic carbocycles. The Hall–Kier alpha value is -2.48. The van der Waals surface area contributed by atoms with E-state index in [2.05, 4.69) is 22.4 Å². The third kappa shape index (κ3) is 4.14. The molecule has 0 aliphatic heterocycles. The molecule has 3 heterocycles. The summed E-state index contributed by atoms with van der Waals surface area (Å²) in [5.74, 6) is 2.50. The Labute approximate surface area is 149 Å². The molecule has 132 valence electrons. The topological polar surface area (TPSA) is 86.1 Å². The standard InChI is InChI=1S/C17H20N4O3S/c1-3-7-21-16(14-6-9-23-12(14)2)19-20-17(21)25-11-15(22)18-10-13-5-4-8-24-13/h4-6,8-9H,3,7,10-11H2,1-2H3,(H,18,22). The molecule has 0 saturated heterocycles. The number of aromatic nitrogens is 3. The van der Waals surface area contributed by atoms with Gasteiger partial charge in [-0.3, -0.25) is 4.79 Å². The molecule has 0 fully saturated rings. The number of furan rings is 2. The van der Waals surface area contributed by atoms with Gasteiger partial charge in [0.15, 0.2) is 11.0 Å². The van der Waals surface area contributed by atoms with E-state index in [1.807, 2.05) is 23.6 Å². The Morgan fingerprint density at radius 1 is 1.28 bits per heavy atom. The summed E-state index contributed by atoms with van der Waals surface area (Å²) in [6.07, 6.45) is 4.17. The maximum Gasteiger partial charge on any atom is 0.230 e. The van der Waals surface area contributed by atoms with Crippen LogP contribution in [-0.2, 0) is 17.9 Å². The molecule has 3 aromatic heterocycles. The molecule has 3 aromatic rings. The zero-order chi connectivity index (χ0) is 17.6. The van der Waals surface area contributed by atoms with E-state index >= 15 is 0 Å². The van der Waals surface area contributed by atoms with E-state index < -0.39 is 0 Å². The van der Waals surface area contributed by atoms with Crippen LogP contribution in [0.4, 0.5) is 0 Å². The quantitative estimate of drug-likeness (QED) is 0.621. The average molecular weight is 360 g/mol. The average Bonchev–Trinajstić information content (AvgIpc) is 3.33. The first-order valence-corrected chi connectivity index (χ1v) is 9.07. The van der Waals surface area contributed by atoms with Crippen LogP contribution in [0.1, 0.15) is 24.9 Å². The second kappa shape index (κ2) is 8.06. The van der Waals surface area contributed by atoms with Gasteiger partial charge in [0.05, 0.1) is 30.4 Å². The number of amides is 1. The van der Waals surface area contributed by atoms with Crippen LogP contribution in [-0.4, -0.2) is 26.4 Å². The maximum absolute atomic E-state index is 12.0. The molecule has 0 saturated carbocycles. The minimum atomic E-state index is -0.0755. The summed E-state index contributed by atoms with van der Waals surface area (Å²) < 4.78 is 12.6. The Morgan fingerprint density at radius 2 is 2.16 bits per heavy atom. The number of thioether (sulfide) groups is 1. The highest BCUT2D eigenvalue weighted by Crippen LogP contribution is 2.27. The van der Waals surface area contributed by atoms with E-state index in [4.69, 9.17) is 8.83 Å². The molecular weight excluding hydrogens is 340 g/mol. The minimum Gasteiger partial charge on any atom is -0.469 e. The Morgan fingerprint density at radius 3 is 2.84 bits per heavy atom. The summed E-state index contributed by atoms with van der Waals surface area (Å²) in [6, 6.07) is 5.50. The van der Waals surface area contributed by atoms with E-state index in [0.717, 1.165) is 41.0 Å². The second-order valence-corrected chi connectivity index (χ2v) is 6.44. The van der Waals surface area contributed by atoms with Crippen molar-refractivity contribution in [3.63, 3.8) is 0 Å². The highest BCUT2D eigenvalue weighted by Gasteiger charge is 2.17. The summed E-state index contributed by atoms with van der Waals surface area (Å²) >= 11 is 1.37. The summed E-state index contributed by atoms with van der Waals surface area (Å²) in [5.41, 5.74) is 0.926. The Kier molecular flexibility index (Phi) is 5.60. The first kappa shape index (κ1) is 17.3. The van der Waals surface area contributed by atoms with Crippen LogP contribution < -0.4 is 5.32 Å². The van der Waals surface area contributed by atoms with Gasteiger partial charge in [-0.1, -0.05) is 18.7 Å². The van der Waals surface area contributed by atoms with Crippen molar-refractivity contribution < 1.29 is 13.6 Å². The van der Waals surface area contributed by atoms with Crippen LogP contribution in [0.25, 0.3) is 11.4 Å². The predicted octanol–water partition coefficient (Wildman–Crippen LogP) is 3.26. The van der Waals surface area contributed by atoms with E-state index in [9.17, 15) is 4.79 Å². The molecule has 0 atom stereocenters. The molecule has 1 amide bonds. The SMILES string of the molecule is CCCn1c(SCC(=O)NCc2ccco2)nnc1-c1ccoc1C. The van der Waals surface area contributed by atoms with E-state index in [1.54, 1.807) is 18.6 Å². The number of aryl methyl sites for hydroxylation is 1. The van der Waals surface area contributed by atoms with E-state index in [-0.39, 0.29) is 11.7 Å². The van der Waals surface area contributed by atoms with E-state index in [1.165, 1.54) is 11.8 Å². The maximum atomic E-state index is 12.0. The van der Waals surface area contributed by atoms with Crippen LogP contribution >= 0.6 is 11.8 Å². The van der Waals surface area contributed by atoms with Crippen LogP contribution in [0.5, 0.6) is 0 Å². The van der Waals surface area contributed by atoms with Crippen molar-refractivity contribution in [2.24, 2.45) is 0 Å².